The zero-order valence-corrected chi connectivity index (χ0v) is 15.0. The Bertz CT molecular complexity index is 704. The molecule has 0 atom stereocenters. The number of ether oxygens (including phenoxy) is 2. The third-order valence-corrected chi connectivity index (χ3v) is 3.22. The molecule has 0 aliphatic rings. The second-order valence-electron chi connectivity index (χ2n) is 5.39. The Morgan fingerprint density at radius 3 is 2.41 bits per heavy atom. The van der Waals surface area contributed by atoms with E-state index in [0.717, 1.165) is 17.6 Å². The maximum Gasteiger partial charge on any atom is 0.324 e. The van der Waals surface area contributed by atoms with Crippen molar-refractivity contribution in [2.45, 2.75) is 19.8 Å². The first-order valence-electron chi connectivity index (χ1n) is 8.00. The number of hydrogen-bond donors (Lipinski definition) is 2. The number of hydrogen-bond acceptors (Lipinski definition) is 8. The van der Waals surface area contributed by atoms with Crippen LogP contribution in [0.15, 0.2) is 17.2 Å². The monoisotopic (exact) mass is 383 g/mol. The molecule has 0 bridgehead atoms. The molecule has 0 saturated heterocycles. The number of carbonyl (C=O) groups is 2. The van der Waals surface area contributed by atoms with Gasteiger partial charge in [-0.15, -0.1) is 0 Å². The quantitative estimate of drug-likeness (QED) is 0.237. The summed E-state index contributed by atoms with van der Waals surface area (Å²) >= 11 is 0. The van der Waals surface area contributed by atoms with Crippen molar-refractivity contribution in [3.05, 3.63) is 27.8 Å². The molecule has 11 heteroatoms. The molecule has 0 fully saturated rings. The topological polar surface area (TPSA) is 152 Å². The van der Waals surface area contributed by atoms with Crippen molar-refractivity contribution in [3.63, 3.8) is 0 Å². The van der Waals surface area contributed by atoms with Crippen LogP contribution in [0.25, 0.3) is 0 Å². The van der Waals surface area contributed by atoms with Crippen LogP contribution in [0.3, 0.4) is 0 Å². The number of carboxylic acids is 2. The second-order valence-corrected chi connectivity index (χ2v) is 5.39. The lowest BCUT2D eigenvalue weighted by molar-refractivity contribution is -0.386. The van der Waals surface area contributed by atoms with Crippen LogP contribution < -0.4 is 9.47 Å². The molecule has 0 unspecified atom stereocenters. The molecule has 0 aliphatic carbocycles. The molecular formula is C16H21N3O8. The van der Waals surface area contributed by atoms with E-state index < -0.39 is 30.0 Å². The van der Waals surface area contributed by atoms with Gasteiger partial charge in [-0.05, 0) is 12.5 Å². The van der Waals surface area contributed by atoms with Gasteiger partial charge in [0.25, 0.3) is 0 Å². The Balaban J connectivity index is 3.19. The number of methoxy groups -OCH3 is 1. The van der Waals surface area contributed by atoms with Gasteiger partial charge in [-0.25, -0.2) is 0 Å². The summed E-state index contributed by atoms with van der Waals surface area (Å²) in [6.07, 6.45) is 2.68. The van der Waals surface area contributed by atoms with Gasteiger partial charge in [0.05, 0.1) is 24.9 Å². The Labute approximate surface area is 154 Å². The highest BCUT2D eigenvalue weighted by molar-refractivity contribution is 5.83. The first kappa shape index (κ1) is 21.7. The SMILES string of the molecule is CCCCOc1c(OC)cc(/C=N\N(CC(=O)O)CC(=O)O)cc1[N+](=O)[O-]. The number of unbranched alkanes of at least 4 members (excludes halogenated alkanes) is 1. The van der Waals surface area contributed by atoms with Gasteiger partial charge < -0.3 is 19.7 Å². The van der Waals surface area contributed by atoms with Crippen LogP contribution in [0, 0.1) is 10.1 Å². The van der Waals surface area contributed by atoms with Gasteiger partial charge in [0.2, 0.25) is 5.75 Å². The van der Waals surface area contributed by atoms with E-state index in [9.17, 15) is 19.7 Å². The maximum atomic E-state index is 11.4. The normalized spacial score (nSPS) is 10.6. The molecule has 27 heavy (non-hydrogen) atoms. The summed E-state index contributed by atoms with van der Waals surface area (Å²) < 4.78 is 10.6. The fourth-order valence-electron chi connectivity index (χ4n) is 2.03. The smallest absolute Gasteiger partial charge is 0.324 e. The zero-order valence-electron chi connectivity index (χ0n) is 15.0. The highest BCUT2D eigenvalue weighted by Crippen LogP contribution is 2.38. The molecule has 0 spiro atoms. The summed E-state index contributed by atoms with van der Waals surface area (Å²) in [6.45, 7) is 0.960. The predicted molar refractivity (Wildman–Crippen MR) is 94.5 cm³/mol. The van der Waals surface area contributed by atoms with E-state index in [4.69, 9.17) is 19.7 Å². The lowest BCUT2D eigenvalue weighted by atomic mass is 10.2. The van der Waals surface area contributed by atoms with Crippen LogP contribution in [-0.4, -0.2) is 65.1 Å². The summed E-state index contributed by atoms with van der Waals surface area (Å²) in [4.78, 5) is 32.3. The molecule has 0 aromatic heterocycles. The minimum absolute atomic E-state index is 0.0129. The average molecular weight is 383 g/mol. The summed E-state index contributed by atoms with van der Waals surface area (Å²) in [5.41, 5.74) is -0.114. The van der Waals surface area contributed by atoms with Gasteiger partial charge >= 0.3 is 17.6 Å². The number of nitrogens with zero attached hydrogens (tertiary/aromatic N) is 3. The number of nitro groups is 1. The molecular weight excluding hydrogens is 362 g/mol. The molecule has 0 radical (unpaired) electrons. The number of benzene rings is 1. The molecule has 2 N–H and O–H groups in total. The molecule has 0 saturated carbocycles. The fourth-order valence-corrected chi connectivity index (χ4v) is 2.03. The fraction of sp³-hybridized carbons (Fsp3) is 0.438. The van der Waals surface area contributed by atoms with E-state index in [-0.39, 0.29) is 29.4 Å². The number of nitro benzene ring substituents is 1. The zero-order chi connectivity index (χ0) is 20.4. The molecule has 1 rings (SSSR count). The Morgan fingerprint density at radius 1 is 1.30 bits per heavy atom. The predicted octanol–water partition coefficient (Wildman–Crippen LogP) is 1.59. The number of aliphatic carboxylic acids is 2. The minimum Gasteiger partial charge on any atom is -0.493 e. The number of carboxylic acid groups (broad SMARTS) is 2. The summed E-state index contributed by atoms with van der Waals surface area (Å²) in [5.74, 6) is -2.43. The van der Waals surface area contributed by atoms with E-state index in [1.165, 1.54) is 19.2 Å². The molecule has 0 aliphatic heterocycles. The lowest BCUT2D eigenvalue weighted by Crippen LogP contribution is -2.30. The van der Waals surface area contributed by atoms with Crippen molar-refractivity contribution in [1.82, 2.24) is 5.01 Å². The number of hydrazone groups is 1. The van der Waals surface area contributed by atoms with E-state index in [1.807, 2.05) is 6.92 Å². The van der Waals surface area contributed by atoms with Crippen LogP contribution in [0.5, 0.6) is 11.5 Å². The van der Waals surface area contributed by atoms with Gasteiger partial charge in [-0.2, -0.15) is 5.10 Å². The van der Waals surface area contributed by atoms with Crippen LogP contribution in [0.2, 0.25) is 0 Å². The molecule has 11 nitrogen and oxygen atoms in total. The number of rotatable bonds is 12. The van der Waals surface area contributed by atoms with Gasteiger partial charge in [0.15, 0.2) is 5.75 Å². The van der Waals surface area contributed by atoms with E-state index >= 15 is 0 Å². The molecule has 0 amide bonds. The first-order valence-corrected chi connectivity index (χ1v) is 8.00. The first-order chi connectivity index (χ1) is 12.8. The highest BCUT2D eigenvalue weighted by Gasteiger charge is 2.22. The molecule has 1 aromatic carbocycles. The summed E-state index contributed by atoms with van der Waals surface area (Å²) in [5, 5.41) is 33.5. The maximum absolute atomic E-state index is 11.4. The van der Waals surface area contributed by atoms with Crippen LogP contribution in [0.1, 0.15) is 25.3 Å². The molecule has 148 valence electrons. The van der Waals surface area contributed by atoms with Crippen molar-refractivity contribution in [3.8, 4) is 11.5 Å². The van der Waals surface area contributed by atoms with Crippen molar-refractivity contribution >= 4 is 23.8 Å². The van der Waals surface area contributed by atoms with Gasteiger partial charge in [0.1, 0.15) is 13.1 Å². The average Bonchev–Trinajstić information content (AvgIpc) is 2.58. The Hall–Kier alpha value is -3.37. The van der Waals surface area contributed by atoms with Crippen molar-refractivity contribution in [1.29, 1.82) is 0 Å². The van der Waals surface area contributed by atoms with Crippen molar-refractivity contribution in [2.24, 2.45) is 5.10 Å². The standard InChI is InChI=1S/C16H21N3O8/c1-3-4-5-27-16-12(19(24)25)6-11(7-13(16)26-2)8-17-18(9-14(20)21)10-15(22)23/h6-8H,3-5,9-10H2,1-2H3,(H,20,21)(H,22,23)/b17-8-. The van der Waals surface area contributed by atoms with Gasteiger partial charge in [-0.3, -0.25) is 24.7 Å². The van der Waals surface area contributed by atoms with E-state index in [2.05, 4.69) is 5.10 Å². The van der Waals surface area contributed by atoms with E-state index in [1.54, 1.807) is 0 Å². The third kappa shape index (κ3) is 7.18. The Morgan fingerprint density at radius 2 is 1.93 bits per heavy atom. The van der Waals surface area contributed by atoms with Crippen molar-refractivity contribution in [2.75, 3.05) is 26.8 Å². The third-order valence-electron chi connectivity index (χ3n) is 3.22. The minimum atomic E-state index is -1.27. The molecule has 1 aromatic rings. The molecule has 0 heterocycles. The lowest BCUT2D eigenvalue weighted by Gasteiger charge is -2.14. The van der Waals surface area contributed by atoms with Crippen LogP contribution >= 0.6 is 0 Å². The Kier molecular flexibility index (Phi) is 8.49. The van der Waals surface area contributed by atoms with Crippen LogP contribution in [-0.2, 0) is 9.59 Å². The van der Waals surface area contributed by atoms with Gasteiger partial charge in [-0.1, -0.05) is 13.3 Å². The summed E-state index contributed by atoms with van der Waals surface area (Å²) in [7, 11) is 1.33. The largest absolute Gasteiger partial charge is 0.493 e. The van der Waals surface area contributed by atoms with Crippen molar-refractivity contribution < 1.29 is 34.2 Å². The second kappa shape index (κ2) is 10.6. The van der Waals surface area contributed by atoms with Gasteiger partial charge in [0, 0.05) is 11.6 Å². The van der Waals surface area contributed by atoms with E-state index in [0.29, 0.717) is 6.42 Å². The van der Waals surface area contributed by atoms with Crippen LogP contribution in [0.4, 0.5) is 5.69 Å². The highest BCUT2D eigenvalue weighted by atomic mass is 16.6. The summed E-state index contributed by atoms with van der Waals surface area (Å²) in [6, 6.07) is 2.62.